The van der Waals surface area contributed by atoms with Crippen molar-refractivity contribution < 1.29 is 19.3 Å². The van der Waals surface area contributed by atoms with Gasteiger partial charge in [-0.2, -0.15) is 0 Å². The van der Waals surface area contributed by atoms with Gasteiger partial charge in [-0.25, -0.2) is 0 Å². The molecule has 0 unspecified atom stereocenters. The topological polar surface area (TPSA) is 51.2 Å². The van der Waals surface area contributed by atoms with E-state index in [1.807, 2.05) is 55.6 Å². The molecular weight excluding hydrogens is 318 g/mol. The number of hydrogen-bond acceptors (Lipinski definition) is 5. The molecule has 0 saturated carbocycles. The van der Waals surface area contributed by atoms with Gasteiger partial charge in [0.2, 0.25) is 0 Å². The summed E-state index contributed by atoms with van der Waals surface area (Å²) in [6, 6.07) is 15.6. The fraction of sp³-hybridized carbons (Fsp3) is 0.400. The van der Waals surface area contributed by atoms with Gasteiger partial charge in [0.1, 0.15) is 6.61 Å². The van der Waals surface area contributed by atoms with Gasteiger partial charge in [-0.05, 0) is 30.3 Å². The molecular formula is C20H27NO4. The SMILES string of the molecule is COCCOc1cc(CN(C)C[C@H](O)c2ccccc2)ccc1OC. The van der Waals surface area contributed by atoms with Crippen LogP contribution >= 0.6 is 0 Å². The number of benzene rings is 2. The van der Waals surface area contributed by atoms with Gasteiger partial charge in [0.25, 0.3) is 0 Å². The number of nitrogens with zero attached hydrogens (tertiary/aromatic N) is 1. The number of hydrogen-bond donors (Lipinski definition) is 1. The van der Waals surface area contributed by atoms with E-state index in [0.29, 0.717) is 37.8 Å². The lowest BCUT2D eigenvalue weighted by Crippen LogP contribution is -2.24. The fourth-order valence-corrected chi connectivity index (χ4v) is 2.62. The highest BCUT2D eigenvalue weighted by molar-refractivity contribution is 5.43. The normalized spacial score (nSPS) is 12.2. The zero-order valence-electron chi connectivity index (χ0n) is 15.1. The summed E-state index contributed by atoms with van der Waals surface area (Å²) < 4.78 is 16.1. The van der Waals surface area contributed by atoms with Crippen molar-refractivity contribution in [3.63, 3.8) is 0 Å². The minimum absolute atomic E-state index is 0.471. The highest BCUT2D eigenvalue weighted by Crippen LogP contribution is 2.28. The van der Waals surface area contributed by atoms with Gasteiger partial charge in [0, 0.05) is 20.2 Å². The maximum absolute atomic E-state index is 10.3. The summed E-state index contributed by atoms with van der Waals surface area (Å²) in [5.74, 6) is 1.40. The zero-order valence-corrected chi connectivity index (χ0v) is 15.1. The van der Waals surface area contributed by atoms with Crippen LogP contribution in [0.4, 0.5) is 0 Å². The van der Waals surface area contributed by atoms with Crippen LogP contribution in [0.1, 0.15) is 17.2 Å². The first kappa shape index (κ1) is 19.2. The van der Waals surface area contributed by atoms with Crippen LogP contribution in [0.2, 0.25) is 0 Å². The molecule has 2 aromatic rings. The Hall–Kier alpha value is -2.08. The Morgan fingerprint density at radius 1 is 1.00 bits per heavy atom. The standard InChI is InChI=1S/C20H27NO4/c1-21(15-18(22)17-7-5-4-6-8-17)14-16-9-10-19(24-3)20(13-16)25-12-11-23-2/h4-10,13,18,22H,11-12,14-15H2,1-3H3/t18-/m0/s1. The number of aliphatic hydroxyl groups is 1. The summed E-state index contributed by atoms with van der Waals surface area (Å²) in [7, 11) is 5.26. The van der Waals surface area contributed by atoms with E-state index < -0.39 is 6.10 Å². The first-order chi connectivity index (χ1) is 12.1. The van der Waals surface area contributed by atoms with Gasteiger partial charge in [0.05, 0.1) is 19.8 Å². The molecule has 0 spiro atoms. The lowest BCUT2D eigenvalue weighted by atomic mass is 10.1. The molecule has 0 aromatic heterocycles. The molecule has 0 bridgehead atoms. The molecule has 0 aliphatic rings. The fourth-order valence-electron chi connectivity index (χ4n) is 2.62. The summed E-state index contributed by atoms with van der Waals surface area (Å²) in [5.41, 5.74) is 2.02. The first-order valence-electron chi connectivity index (χ1n) is 8.34. The van der Waals surface area contributed by atoms with Gasteiger partial charge in [-0.3, -0.25) is 4.90 Å². The first-order valence-corrected chi connectivity index (χ1v) is 8.34. The molecule has 0 saturated heterocycles. The smallest absolute Gasteiger partial charge is 0.161 e. The van der Waals surface area contributed by atoms with E-state index in [4.69, 9.17) is 14.2 Å². The molecule has 1 atom stereocenters. The lowest BCUT2D eigenvalue weighted by Gasteiger charge is -2.21. The van der Waals surface area contributed by atoms with Crippen molar-refractivity contribution in [1.82, 2.24) is 4.90 Å². The zero-order chi connectivity index (χ0) is 18.1. The maximum atomic E-state index is 10.3. The third-order valence-corrected chi connectivity index (χ3v) is 3.89. The van der Waals surface area contributed by atoms with Crippen LogP contribution in [0, 0.1) is 0 Å². The van der Waals surface area contributed by atoms with Gasteiger partial charge in [-0.1, -0.05) is 36.4 Å². The minimum Gasteiger partial charge on any atom is -0.493 e. The molecule has 5 nitrogen and oxygen atoms in total. The Balaban J connectivity index is 1.97. The van der Waals surface area contributed by atoms with E-state index in [9.17, 15) is 5.11 Å². The van der Waals surface area contributed by atoms with E-state index in [-0.39, 0.29) is 0 Å². The van der Waals surface area contributed by atoms with Crippen molar-refractivity contribution >= 4 is 0 Å². The molecule has 0 heterocycles. The van der Waals surface area contributed by atoms with Gasteiger partial charge < -0.3 is 19.3 Å². The van der Waals surface area contributed by atoms with E-state index >= 15 is 0 Å². The molecule has 1 N–H and O–H groups in total. The summed E-state index contributed by atoms with van der Waals surface area (Å²) in [6.45, 7) is 2.25. The molecule has 0 aliphatic heterocycles. The molecule has 0 aliphatic carbocycles. The van der Waals surface area contributed by atoms with Crippen LogP contribution in [0.5, 0.6) is 11.5 Å². The predicted molar refractivity (Wildman–Crippen MR) is 98.1 cm³/mol. The molecule has 25 heavy (non-hydrogen) atoms. The Labute approximate surface area is 149 Å². The Morgan fingerprint density at radius 2 is 1.76 bits per heavy atom. The molecule has 5 heteroatoms. The lowest BCUT2D eigenvalue weighted by molar-refractivity contribution is 0.123. The average Bonchev–Trinajstić information content (AvgIpc) is 2.63. The van der Waals surface area contributed by atoms with Crippen molar-refractivity contribution in [2.45, 2.75) is 12.6 Å². The van der Waals surface area contributed by atoms with Crippen LogP contribution in [0.25, 0.3) is 0 Å². The number of likely N-dealkylation sites (N-methyl/N-ethyl adjacent to an activating group) is 1. The van der Waals surface area contributed by atoms with E-state index in [1.54, 1.807) is 14.2 Å². The van der Waals surface area contributed by atoms with Crippen LogP contribution in [0.15, 0.2) is 48.5 Å². The molecule has 2 rings (SSSR count). The van der Waals surface area contributed by atoms with E-state index in [1.165, 1.54) is 0 Å². The number of aliphatic hydroxyl groups excluding tert-OH is 1. The Kier molecular flexibility index (Phi) is 7.73. The van der Waals surface area contributed by atoms with Gasteiger partial charge >= 0.3 is 0 Å². The second kappa shape index (κ2) is 10.0. The second-order valence-electron chi connectivity index (χ2n) is 5.95. The summed E-state index contributed by atoms with van der Waals surface area (Å²) >= 11 is 0. The van der Waals surface area contributed by atoms with Crippen LogP contribution < -0.4 is 9.47 Å². The largest absolute Gasteiger partial charge is 0.493 e. The monoisotopic (exact) mass is 345 g/mol. The summed E-state index contributed by atoms with van der Waals surface area (Å²) in [4.78, 5) is 2.08. The third kappa shape index (κ3) is 6.05. The minimum atomic E-state index is -0.512. The van der Waals surface area contributed by atoms with Crippen molar-refractivity contribution in [3.05, 3.63) is 59.7 Å². The number of rotatable bonds is 10. The number of ether oxygens (including phenoxy) is 3. The molecule has 0 radical (unpaired) electrons. The van der Waals surface area contributed by atoms with E-state index in [0.717, 1.165) is 11.1 Å². The highest BCUT2D eigenvalue weighted by atomic mass is 16.5. The average molecular weight is 345 g/mol. The van der Waals surface area contributed by atoms with Crippen molar-refractivity contribution in [1.29, 1.82) is 0 Å². The van der Waals surface area contributed by atoms with Gasteiger partial charge in [0.15, 0.2) is 11.5 Å². The predicted octanol–water partition coefficient (Wildman–Crippen LogP) is 2.89. The second-order valence-corrected chi connectivity index (χ2v) is 5.95. The third-order valence-electron chi connectivity index (χ3n) is 3.89. The quantitative estimate of drug-likeness (QED) is 0.671. The van der Waals surface area contributed by atoms with Crippen LogP contribution in [-0.4, -0.2) is 51.0 Å². The van der Waals surface area contributed by atoms with Crippen LogP contribution in [0.3, 0.4) is 0 Å². The molecule has 2 aromatic carbocycles. The number of methoxy groups -OCH3 is 2. The Bertz CT molecular complexity index is 633. The van der Waals surface area contributed by atoms with Crippen molar-refractivity contribution in [3.8, 4) is 11.5 Å². The van der Waals surface area contributed by atoms with Crippen molar-refractivity contribution in [2.75, 3.05) is 41.0 Å². The van der Waals surface area contributed by atoms with E-state index in [2.05, 4.69) is 4.90 Å². The highest BCUT2D eigenvalue weighted by Gasteiger charge is 2.12. The Morgan fingerprint density at radius 3 is 2.44 bits per heavy atom. The molecule has 0 fully saturated rings. The van der Waals surface area contributed by atoms with Crippen molar-refractivity contribution in [2.24, 2.45) is 0 Å². The summed E-state index contributed by atoms with van der Waals surface area (Å²) in [5, 5.41) is 10.3. The van der Waals surface area contributed by atoms with Gasteiger partial charge in [-0.15, -0.1) is 0 Å². The maximum Gasteiger partial charge on any atom is 0.161 e. The van der Waals surface area contributed by atoms with Crippen LogP contribution in [-0.2, 0) is 11.3 Å². The molecule has 136 valence electrons. The molecule has 0 amide bonds. The summed E-state index contributed by atoms with van der Waals surface area (Å²) in [6.07, 6.45) is -0.512.